The lowest BCUT2D eigenvalue weighted by molar-refractivity contribution is 1.46. The highest BCUT2D eigenvalue weighted by Crippen LogP contribution is 2.44. The van der Waals surface area contributed by atoms with Crippen molar-refractivity contribution < 1.29 is 0 Å². The van der Waals surface area contributed by atoms with Crippen molar-refractivity contribution in [1.29, 1.82) is 0 Å². The van der Waals surface area contributed by atoms with Gasteiger partial charge < -0.3 is 5.32 Å². The Labute approximate surface area is 127 Å². The third kappa shape index (κ3) is 2.17. The summed E-state index contributed by atoms with van der Waals surface area (Å²) in [6.07, 6.45) is 2.09. The molecule has 0 saturated carbocycles. The van der Waals surface area contributed by atoms with Crippen LogP contribution in [0.1, 0.15) is 5.01 Å². The average Bonchev–Trinajstić information content (AvgIpc) is 3.01. The maximum absolute atomic E-state index is 5.98. The molecule has 1 N–H and O–H groups in total. The van der Waals surface area contributed by atoms with Crippen LogP contribution in [0, 0.1) is 0 Å². The van der Waals surface area contributed by atoms with Gasteiger partial charge in [-0.2, -0.15) is 0 Å². The van der Waals surface area contributed by atoms with Gasteiger partial charge in [0.25, 0.3) is 0 Å². The summed E-state index contributed by atoms with van der Waals surface area (Å²) < 4.78 is 1.16. The molecule has 0 amide bonds. The van der Waals surface area contributed by atoms with Crippen molar-refractivity contribution in [3.8, 4) is 0 Å². The van der Waals surface area contributed by atoms with Gasteiger partial charge in [0, 0.05) is 26.8 Å². The Morgan fingerprint density at radius 1 is 1.26 bits per heavy atom. The Morgan fingerprint density at radius 3 is 3.11 bits per heavy atom. The molecule has 0 aliphatic carbocycles. The number of hydrogen-bond donors (Lipinski definition) is 1. The van der Waals surface area contributed by atoms with E-state index in [1.54, 1.807) is 34.4 Å². The number of nitrogens with zero attached hydrogens (tertiary/aromatic N) is 1. The smallest absolute Gasteiger partial charge is 0.119 e. The molecule has 19 heavy (non-hydrogen) atoms. The molecule has 0 bridgehead atoms. The lowest BCUT2D eigenvalue weighted by atomic mass is 10.3. The van der Waals surface area contributed by atoms with Crippen molar-refractivity contribution in [2.75, 3.05) is 5.32 Å². The molecule has 3 heterocycles. The lowest BCUT2D eigenvalue weighted by Gasteiger charge is -1.95. The summed E-state index contributed by atoms with van der Waals surface area (Å²) in [5.74, 6) is 0. The van der Waals surface area contributed by atoms with Gasteiger partial charge >= 0.3 is 0 Å². The molecule has 0 fully saturated rings. The summed E-state index contributed by atoms with van der Waals surface area (Å²) in [6, 6.07) is 5.82. The van der Waals surface area contributed by atoms with Gasteiger partial charge in [-0.05, 0) is 18.2 Å². The molecule has 0 spiro atoms. The fourth-order valence-electron chi connectivity index (χ4n) is 1.89. The number of nitrogens with one attached hydrogen (secondary N) is 1. The minimum Gasteiger partial charge on any atom is -0.348 e. The Bertz CT molecular complexity index is 781. The van der Waals surface area contributed by atoms with Crippen molar-refractivity contribution in [3.05, 3.63) is 44.0 Å². The van der Waals surface area contributed by atoms with E-state index >= 15 is 0 Å². The third-order valence-electron chi connectivity index (χ3n) is 2.72. The molecule has 94 valence electrons. The second kappa shape index (κ2) is 4.52. The predicted molar refractivity (Wildman–Crippen MR) is 86.4 cm³/mol. The van der Waals surface area contributed by atoms with Crippen LogP contribution in [0.5, 0.6) is 0 Å². The summed E-state index contributed by atoms with van der Waals surface area (Å²) >= 11 is 11.1. The van der Waals surface area contributed by atoms with Crippen LogP contribution in [0.2, 0.25) is 5.02 Å². The van der Waals surface area contributed by atoms with Crippen molar-refractivity contribution >= 4 is 68.0 Å². The summed E-state index contributed by atoms with van der Waals surface area (Å²) in [6.45, 7) is 0. The van der Waals surface area contributed by atoms with Crippen LogP contribution in [0.25, 0.3) is 16.3 Å². The number of aromatic nitrogens is 1. The van der Waals surface area contributed by atoms with Crippen molar-refractivity contribution in [3.63, 3.8) is 0 Å². The number of thiazole rings is 1. The second-order valence-corrected chi connectivity index (χ2v) is 7.38. The Hall–Kier alpha value is -1.01. The van der Waals surface area contributed by atoms with Crippen LogP contribution in [0.4, 0.5) is 5.69 Å². The van der Waals surface area contributed by atoms with Gasteiger partial charge in [0.1, 0.15) is 5.01 Å². The molecule has 0 radical (unpaired) electrons. The minimum absolute atomic E-state index is 0.729. The van der Waals surface area contributed by atoms with E-state index in [-0.39, 0.29) is 0 Å². The Balaban J connectivity index is 1.70. The van der Waals surface area contributed by atoms with Gasteiger partial charge in [-0.1, -0.05) is 23.4 Å². The first-order chi connectivity index (χ1) is 9.28. The number of rotatable bonds is 1. The normalized spacial score (nSPS) is 15.9. The second-order valence-electron chi connectivity index (χ2n) is 4.05. The molecule has 1 aliphatic heterocycles. The summed E-state index contributed by atoms with van der Waals surface area (Å²) in [5.41, 5.74) is 2.16. The fraction of sp³-hybridized carbons (Fsp3) is 0. The lowest BCUT2D eigenvalue weighted by Crippen LogP contribution is -1.86. The summed E-state index contributed by atoms with van der Waals surface area (Å²) in [7, 11) is 0. The first-order valence-electron chi connectivity index (χ1n) is 5.57. The van der Waals surface area contributed by atoms with E-state index < -0.39 is 0 Å². The molecule has 2 nitrogen and oxygen atoms in total. The number of benzene rings is 1. The van der Waals surface area contributed by atoms with E-state index in [9.17, 15) is 0 Å². The number of halogens is 1. The van der Waals surface area contributed by atoms with Gasteiger partial charge in [-0.25, -0.2) is 4.98 Å². The van der Waals surface area contributed by atoms with Gasteiger partial charge in [-0.3, -0.25) is 0 Å². The van der Waals surface area contributed by atoms with Gasteiger partial charge in [-0.15, -0.1) is 22.7 Å². The van der Waals surface area contributed by atoms with Crippen LogP contribution in [-0.2, 0) is 0 Å². The van der Waals surface area contributed by atoms with Crippen LogP contribution in [0.3, 0.4) is 0 Å². The molecule has 0 saturated heterocycles. The van der Waals surface area contributed by atoms with Crippen LogP contribution < -0.4 is 5.32 Å². The molecule has 0 atom stereocenters. The predicted octanol–water partition coefficient (Wildman–Crippen LogP) is 5.53. The maximum Gasteiger partial charge on any atom is 0.119 e. The SMILES string of the molecule is Clc1ccc2sc(C=C3Nc4cscc4S3)nc2c1. The van der Waals surface area contributed by atoms with Crippen LogP contribution >= 0.6 is 46.0 Å². The molecule has 6 heteroatoms. The topological polar surface area (TPSA) is 24.9 Å². The van der Waals surface area contributed by atoms with E-state index in [2.05, 4.69) is 27.1 Å². The minimum atomic E-state index is 0.729. The molecule has 1 aromatic carbocycles. The van der Waals surface area contributed by atoms with E-state index in [1.165, 1.54) is 10.6 Å². The highest BCUT2D eigenvalue weighted by Gasteiger charge is 2.16. The fourth-order valence-corrected chi connectivity index (χ4v) is 4.88. The largest absolute Gasteiger partial charge is 0.348 e. The van der Waals surface area contributed by atoms with Crippen molar-refractivity contribution in [2.45, 2.75) is 4.90 Å². The van der Waals surface area contributed by atoms with E-state index in [4.69, 9.17) is 11.6 Å². The van der Waals surface area contributed by atoms with E-state index in [0.717, 1.165) is 25.3 Å². The van der Waals surface area contributed by atoms with Crippen LogP contribution in [-0.4, -0.2) is 4.98 Å². The summed E-state index contributed by atoms with van der Waals surface area (Å²) in [5, 5.41) is 10.5. The Morgan fingerprint density at radius 2 is 2.21 bits per heavy atom. The van der Waals surface area contributed by atoms with Crippen molar-refractivity contribution in [1.82, 2.24) is 4.98 Å². The zero-order valence-electron chi connectivity index (χ0n) is 9.51. The quantitative estimate of drug-likeness (QED) is 0.638. The third-order valence-corrected chi connectivity index (χ3v) is 5.83. The molecule has 4 rings (SSSR count). The Kier molecular flexibility index (Phi) is 2.81. The van der Waals surface area contributed by atoms with E-state index in [0.29, 0.717) is 0 Å². The van der Waals surface area contributed by atoms with Crippen molar-refractivity contribution in [2.24, 2.45) is 0 Å². The highest BCUT2D eigenvalue weighted by molar-refractivity contribution is 8.04. The molecule has 2 aromatic heterocycles. The standard InChI is InChI=1S/C13H7ClN2S3/c14-7-1-2-10-8(3-7)15-12(18-10)4-13-16-9-5-17-6-11(9)19-13/h1-6,16H. The first kappa shape index (κ1) is 11.8. The number of thioether (sulfide) groups is 1. The molecule has 0 unspecified atom stereocenters. The zero-order chi connectivity index (χ0) is 12.8. The molecule has 3 aromatic rings. The van der Waals surface area contributed by atoms with Gasteiger partial charge in [0.2, 0.25) is 0 Å². The average molecular weight is 323 g/mol. The summed E-state index contributed by atoms with van der Waals surface area (Å²) in [4.78, 5) is 5.88. The molecular formula is C13H7ClN2S3. The number of thiophene rings is 1. The number of anilines is 1. The van der Waals surface area contributed by atoms with Crippen LogP contribution in [0.15, 0.2) is 38.9 Å². The van der Waals surface area contributed by atoms with Gasteiger partial charge in [0.05, 0.1) is 20.9 Å². The number of hydrogen-bond acceptors (Lipinski definition) is 5. The van der Waals surface area contributed by atoms with E-state index in [1.807, 2.05) is 18.2 Å². The molecular weight excluding hydrogens is 316 g/mol. The monoisotopic (exact) mass is 322 g/mol. The molecule has 1 aliphatic rings. The maximum atomic E-state index is 5.98. The van der Waals surface area contributed by atoms with Gasteiger partial charge in [0.15, 0.2) is 0 Å². The first-order valence-corrected chi connectivity index (χ1v) is 8.52. The highest BCUT2D eigenvalue weighted by atomic mass is 35.5. The zero-order valence-corrected chi connectivity index (χ0v) is 12.7. The number of fused-ring (bicyclic) bond motifs is 2.